The van der Waals surface area contributed by atoms with Crippen molar-refractivity contribution in [1.82, 2.24) is 4.98 Å². The fraction of sp³-hybridized carbons (Fsp3) is 0.545. The Morgan fingerprint density at radius 2 is 2.47 bits per heavy atom. The summed E-state index contributed by atoms with van der Waals surface area (Å²) in [5.41, 5.74) is 5.51. The zero-order valence-electron chi connectivity index (χ0n) is 8.69. The first-order valence-electron chi connectivity index (χ1n) is 5.37. The van der Waals surface area contributed by atoms with Crippen LogP contribution in [0, 0.1) is 11.7 Å². The summed E-state index contributed by atoms with van der Waals surface area (Å²) in [5.74, 6) is 0.847. The fourth-order valence-electron chi connectivity index (χ4n) is 2.11. The highest BCUT2D eigenvalue weighted by Gasteiger charge is 2.24. The second-order valence-electron chi connectivity index (χ2n) is 3.99. The van der Waals surface area contributed by atoms with Gasteiger partial charge in [-0.1, -0.05) is 0 Å². The van der Waals surface area contributed by atoms with Crippen molar-refractivity contribution >= 4 is 5.82 Å². The minimum absolute atomic E-state index is 0.231. The molecule has 1 aromatic heterocycles. The lowest BCUT2D eigenvalue weighted by atomic mass is 10.1. The van der Waals surface area contributed by atoms with Crippen LogP contribution >= 0.6 is 0 Å². The van der Waals surface area contributed by atoms with Crippen LogP contribution in [0.2, 0.25) is 0 Å². The Morgan fingerprint density at radius 3 is 3.20 bits per heavy atom. The molecule has 0 radical (unpaired) electrons. The van der Waals surface area contributed by atoms with Gasteiger partial charge in [0.15, 0.2) is 11.6 Å². The monoisotopic (exact) mass is 209 g/mol. The van der Waals surface area contributed by atoms with Crippen molar-refractivity contribution in [1.29, 1.82) is 0 Å². The summed E-state index contributed by atoms with van der Waals surface area (Å²) < 4.78 is 13.4. The van der Waals surface area contributed by atoms with Crippen molar-refractivity contribution in [3.05, 3.63) is 24.1 Å². The summed E-state index contributed by atoms with van der Waals surface area (Å²) in [6.45, 7) is 2.48. The van der Waals surface area contributed by atoms with Crippen LogP contribution in [-0.4, -0.2) is 24.6 Å². The molecule has 1 unspecified atom stereocenters. The summed E-state index contributed by atoms with van der Waals surface area (Å²) in [7, 11) is 0. The van der Waals surface area contributed by atoms with Gasteiger partial charge in [-0.2, -0.15) is 0 Å². The zero-order chi connectivity index (χ0) is 10.7. The van der Waals surface area contributed by atoms with Gasteiger partial charge in [0, 0.05) is 19.3 Å². The number of pyridine rings is 1. The van der Waals surface area contributed by atoms with Crippen molar-refractivity contribution in [3.8, 4) is 0 Å². The van der Waals surface area contributed by atoms with Crippen LogP contribution in [0.25, 0.3) is 0 Å². The summed E-state index contributed by atoms with van der Waals surface area (Å²) in [4.78, 5) is 6.08. The molecule has 1 aliphatic rings. The van der Waals surface area contributed by atoms with E-state index in [9.17, 15) is 4.39 Å². The lowest BCUT2D eigenvalue weighted by Crippen LogP contribution is -2.22. The highest BCUT2D eigenvalue weighted by atomic mass is 19.1. The molecule has 1 aromatic rings. The Hall–Kier alpha value is -1.16. The van der Waals surface area contributed by atoms with Crippen LogP contribution in [0.15, 0.2) is 18.3 Å². The maximum atomic E-state index is 13.4. The number of rotatable bonds is 3. The molecule has 2 rings (SSSR count). The molecule has 0 bridgehead atoms. The van der Waals surface area contributed by atoms with E-state index >= 15 is 0 Å². The molecule has 1 fully saturated rings. The van der Waals surface area contributed by atoms with Crippen molar-refractivity contribution in [2.75, 3.05) is 24.5 Å². The van der Waals surface area contributed by atoms with E-state index in [1.54, 1.807) is 12.3 Å². The van der Waals surface area contributed by atoms with Crippen LogP contribution in [0.3, 0.4) is 0 Å². The molecule has 1 saturated heterocycles. The number of halogens is 1. The number of hydrogen-bond donors (Lipinski definition) is 1. The Kier molecular flexibility index (Phi) is 3.16. The molecular formula is C11H16FN3. The van der Waals surface area contributed by atoms with E-state index in [2.05, 4.69) is 4.98 Å². The molecule has 4 heteroatoms. The zero-order valence-corrected chi connectivity index (χ0v) is 8.69. The third-order valence-corrected chi connectivity index (χ3v) is 2.90. The summed E-state index contributed by atoms with van der Waals surface area (Å²) in [6, 6.07) is 3.07. The average molecular weight is 209 g/mol. The topological polar surface area (TPSA) is 42.1 Å². The summed E-state index contributed by atoms with van der Waals surface area (Å²) in [6.07, 6.45) is 3.74. The van der Waals surface area contributed by atoms with E-state index in [-0.39, 0.29) is 5.82 Å². The molecule has 0 saturated carbocycles. The lowest BCUT2D eigenvalue weighted by Gasteiger charge is -2.17. The highest BCUT2D eigenvalue weighted by Crippen LogP contribution is 2.25. The first kappa shape index (κ1) is 10.4. The number of nitrogens with two attached hydrogens (primary N) is 1. The van der Waals surface area contributed by atoms with Gasteiger partial charge < -0.3 is 10.6 Å². The molecule has 3 nitrogen and oxygen atoms in total. The van der Waals surface area contributed by atoms with Gasteiger partial charge in [0.05, 0.1) is 0 Å². The maximum absolute atomic E-state index is 13.4. The van der Waals surface area contributed by atoms with Gasteiger partial charge in [0.25, 0.3) is 0 Å². The molecule has 0 amide bonds. The maximum Gasteiger partial charge on any atom is 0.165 e. The molecule has 15 heavy (non-hydrogen) atoms. The Balaban J connectivity index is 2.04. The number of hydrogen-bond acceptors (Lipinski definition) is 3. The van der Waals surface area contributed by atoms with Gasteiger partial charge in [0.1, 0.15) is 0 Å². The van der Waals surface area contributed by atoms with E-state index in [1.165, 1.54) is 6.07 Å². The Morgan fingerprint density at radius 1 is 1.60 bits per heavy atom. The van der Waals surface area contributed by atoms with Gasteiger partial charge in [-0.3, -0.25) is 0 Å². The molecule has 0 aromatic carbocycles. The van der Waals surface area contributed by atoms with Crippen molar-refractivity contribution in [2.24, 2.45) is 11.7 Å². The number of anilines is 1. The van der Waals surface area contributed by atoms with Gasteiger partial charge in [-0.05, 0) is 37.4 Å². The highest BCUT2D eigenvalue weighted by molar-refractivity contribution is 5.40. The molecule has 0 spiro atoms. The quantitative estimate of drug-likeness (QED) is 0.818. The van der Waals surface area contributed by atoms with E-state index in [0.717, 1.165) is 25.9 Å². The van der Waals surface area contributed by atoms with Crippen molar-refractivity contribution in [2.45, 2.75) is 12.8 Å². The third-order valence-electron chi connectivity index (χ3n) is 2.90. The minimum Gasteiger partial charge on any atom is -0.354 e. The SMILES string of the molecule is NCCC1CCN(c2ncccc2F)C1. The molecule has 2 N–H and O–H groups in total. The van der Waals surface area contributed by atoms with E-state index < -0.39 is 0 Å². The average Bonchev–Trinajstić information content (AvgIpc) is 2.68. The van der Waals surface area contributed by atoms with Crippen LogP contribution in [0.4, 0.5) is 10.2 Å². The molecular weight excluding hydrogens is 193 g/mol. The minimum atomic E-state index is -0.231. The molecule has 1 atom stereocenters. The number of aromatic nitrogens is 1. The smallest absolute Gasteiger partial charge is 0.165 e. The van der Waals surface area contributed by atoms with E-state index in [1.807, 2.05) is 4.90 Å². The summed E-state index contributed by atoms with van der Waals surface area (Å²) >= 11 is 0. The predicted molar refractivity (Wildman–Crippen MR) is 58.2 cm³/mol. The second kappa shape index (κ2) is 4.57. The van der Waals surface area contributed by atoms with Crippen molar-refractivity contribution < 1.29 is 4.39 Å². The standard InChI is InChI=1S/C11H16FN3/c12-10-2-1-6-14-11(10)15-7-4-9(8-15)3-5-13/h1-2,6,9H,3-5,7-8,13H2. The van der Waals surface area contributed by atoms with Crippen LogP contribution < -0.4 is 10.6 Å². The Labute approximate surface area is 89.1 Å². The van der Waals surface area contributed by atoms with Gasteiger partial charge in [-0.25, -0.2) is 9.37 Å². The van der Waals surface area contributed by atoms with E-state index in [4.69, 9.17) is 5.73 Å². The fourth-order valence-corrected chi connectivity index (χ4v) is 2.11. The Bertz CT molecular complexity index is 329. The first-order chi connectivity index (χ1) is 7.31. The van der Waals surface area contributed by atoms with Crippen molar-refractivity contribution in [3.63, 3.8) is 0 Å². The lowest BCUT2D eigenvalue weighted by molar-refractivity contribution is 0.544. The second-order valence-corrected chi connectivity index (χ2v) is 3.99. The molecule has 0 aliphatic carbocycles. The molecule has 1 aliphatic heterocycles. The van der Waals surface area contributed by atoms with Crippen LogP contribution in [0.5, 0.6) is 0 Å². The van der Waals surface area contributed by atoms with Gasteiger partial charge >= 0.3 is 0 Å². The van der Waals surface area contributed by atoms with Gasteiger partial charge in [0.2, 0.25) is 0 Å². The van der Waals surface area contributed by atoms with Gasteiger partial charge in [-0.15, -0.1) is 0 Å². The van der Waals surface area contributed by atoms with E-state index in [0.29, 0.717) is 18.3 Å². The first-order valence-corrected chi connectivity index (χ1v) is 5.37. The normalized spacial score (nSPS) is 20.9. The number of nitrogens with zero attached hydrogens (tertiary/aromatic N) is 2. The largest absolute Gasteiger partial charge is 0.354 e. The van der Waals surface area contributed by atoms with Crippen LogP contribution in [-0.2, 0) is 0 Å². The molecule has 2 heterocycles. The predicted octanol–water partition coefficient (Wildman–Crippen LogP) is 1.40. The summed E-state index contributed by atoms with van der Waals surface area (Å²) in [5, 5.41) is 0. The third kappa shape index (κ3) is 2.26. The van der Waals surface area contributed by atoms with Crippen LogP contribution in [0.1, 0.15) is 12.8 Å². The molecule has 82 valence electrons.